The monoisotopic (exact) mass is 550 g/mol. The molecule has 41 heavy (non-hydrogen) atoms. The van der Waals surface area contributed by atoms with E-state index in [1.807, 2.05) is 6.92 Å². The van der Waals surface area contributed by atoms with E-state index < -0.39 is 0 Å². The fraction of sp³-hybridized carbons (Fsp3) is 0.450. The predicted octanol–water partition coefficient (Wildman–Crippen LogP) is 11.0. The van der Waals surface area contributed by atoms with Crippen LogP contribution in [0.5, 0.6) is 0 Å². The predicted molar refractivity (Wildman–Crippen MR) is 181 cm³/mol. The summed E-state index contributed by atoms with van der Waals surface area (Å²) in [5.74, 6) is 6.69. The van der Waals surface area contributed by atoms with E-state index in [2.05, 4.69) is 147 Å². The Morgan fingerprint density at radius 3 is 1.90 bits per heavy atom. The Balaban J connectivity index is 1.91. The fourth-order valence-corrected chi connectivity index (χ4v) is 5.78. The second-order valence-electron chi connectivity index (χ2n) is 13.3. The second kappa shape index (κ2) is 15.8. The summed E-state index contributed by atoms with van der Waals surface area (Å²) in [7, 11) is 0. The lowest BCUT2D eigenvalue weighted by molar-refractivity contribution is 0.117. The van der Waals surface area contributed by atoms with Gasteiger partial charge >= 0.3 is 0 Å². The van der Waals surface area contributed by atoms with E-state index in [-0.39, 0.29) is 16.9 Å². The van der Waals surface area contributed by atoms with Crippen LogP contribution in [0.4, 0.5) is 0 Å². The summed E-state index contributed by atoms with van der Waals surface area (Å²) in [5.41, 5.74) is 10.3. The average Bonchev–Trinajstić information content (AvgIpc) is 2.84. The molecule has 0 saturated carbocycles. The lowest BCUT2D eigenvalue weighted by Gasteiger charge is -2.34. The van der Waals surface area contributed by atoms with Crippen LogP contribution in [0.15, 0.2) is 117 Å². The maximum atomic E-state index is 10.1. The first kappa shape index (κ1) is 34.1. The van der Waals surface area contributed by atoms with E-state index in [9.17, 15) is 5.11 Å². The molecule has 0 radical (unpaired) electrons. The van der Waals surface area contributed by atoms with Crippen LogP contribution < -0.4 is 0 Å². The molecule has 0 amide bonds. The molecule has 1 unspecified atom stereocenters. The van der Waals surface area contributed by atoms with E-state index in [0.717, 1.165) is 18.4 Å². The largest absolute Gasteiger partial charge is 0.393 e. The highest BCUT2D eigenvalue weighted by atomic mass is 16.3. The van der Waals surface area contributed by atoms with Gasteiger partial charge in [0.2, 0.25) is 0 Å². The van der Waals surface area contributed by atoms with Crippen LogP contribution in [-0.4, -0.2) is 11.2 Å². The Kier molecular flexibility index (Phi) is 13.1. The molecule has 0 heterocycles. The van der Waals surface area contributed by atoms with Crippen LogP contribution in [0.1, 0.15) is 101 Å². The Morgan fingerprint density at radius 2 is 1.32 bits per heavy atom. The van der Waals surface area contributed by atoms with Gasteiger partial charge in [-0.3, -0.25) is 0 Å². The Morgan fingerprint density at radius 1 is 0.756 bits per heavy atom. The molecule has 0 aromatic heterocycles. The van der Waals surface area contributed by atoms with Crippen molar-refractivity contribution in [2.45, 2.75) is 107 Å². The molecule has 0 saturated heterocycles. The molecule has 0 spiro atoms. The highest BCUT2D eigenvalue weighted by molar-refractivity contribution is 5.45. The van der Waals surface area contributed by atoms with Crippen LogP contribution in [0.25, 0.3) is 0 Å². The average molecular weight is 551 g/mol. The minimum atomic E-state index is -0.254. The normalized spacial score (nSPS) is 23.0. The molecule has 1 nitrogen and oxygen atoms in total. The first-order chi connectivity index (χ1) is 19.2. The van der Waals surface area contributed by atoms with Crippen LogP contribution in [0, 0.1) is 22.7 Å². The molecule has 0 aromatic rings. The van der Waals surface area contributed by atoms with Gasteiger partial charge in [0.1, 0.15) is 0 Å². The number of aliphatic hydroxyl groups excluding tert-OH is 1. The summed E-state index contributed by atoms with van der Waals surface area (Å²) in [6.07, 6.45) is 30.7. The van der Waals surface area contributed by atoms with Gasteiger partial charge in [0.25, 0.3) is 0 Å². The maximum Gasteiger partial charge on any atom is 0.0586 e. The van der Waals surface area contributed by atoms with Gasteiger partial charge in [0.15, 0.2) is 0 Å². The smallest absolute Gasteiger partial charge is 0.0586 e. The van der Waals surface area contributed by atoms with E-state index in [1.54, 1.807) is 0 Å². The standard InChI is InChI=1S/C40H54O/c1-30(18-13-20-32(3)23-25-37-34(5)22-15-27-39(37,7)8)16-11-12-17-31(2)19-14-21-33(4)24-26-38-35(6)28-36(41)29-40(38,9)10/h11-14,16-21,23,25,36,41H,15,22,27-29H2,1-10H3/b12-11+,18-13+,19-14+,25-23+,30-16+,31-17+,32-20+,33-21+. The van der Waals surface area contributed by atoms with Gasteiger partial charge in [-0.05, 0) is 90.2 Å². The van der Waals surface area contributed by atoms with Crippen molar-refractivity contribution < 1.29 is 5.11 Å². The Bertz CT molecular complexity index is 1310. The zero-order valence-corrected chi connectivity index (χ0v) is 27.5. The van der Waals surface area contributed by atoms with Crippen molar-refractivity contribution in [3.05, 3.63) is 117 Å². The van der Waals surface area contributed by atoms with E-state index in [4.69, 9.17) is 0 Å². The molecule has 0 bridgehead atoms. The van der Waals surface area contributed by atoms with Crippen LogP contribution >= 0.6 is 0 Å². The summed E-state index contributed by atoms with van der Waals surface area (Å²) >= 11 is 0. The van der Waals surface area contributed by atoms with Crippen molar-refractivity contribution in [2.75, 3.05) is 0 Å². The highest BCUT2D eigenvalue weighted by Gasteiger charge is 2.32. The van der Waals surface area contributed by atoms with E-state index in [1.165, 1.54) is 58.3 Å². The maximum absolute atomic E-state index is 10.1. The molecule has 2 aliphatic rings. The van der Waals surface area contributed by atoms with Crippen molar-refractivity contribution in [2.24, 2.45) is 10.8 Å². The third kappa shape index (κ3) is 11.7. The van der Waals surface area contributed by atoms with Gasteiger partial charge in [-0.1, -0.05) is 140 Å². The van der Waals surface area contributed by atoms with Crippen LogP contribution in [0.2, 0.25) is 0 Å². The fourth-order valence-electron chi connectivity index (χ4n) is 5.78. The number of hydrogen-bond donors (Lipinski definition) is 1. The number of allylic oxidation sites excluding steroid dienone is 19. The topological polar surface area (TPSA) is 20.2 Å². The first-order valence-corrected chi connectivity index (χ1v) is 15.2. The molecule has 2 aliphatic carbocycles. The lowest BCUT2D eigenvalue weighted by Crippen LogP contribution is -2.28. The van der Waals surface area contributed by atoms with E-state index in [0.29, 0.717) is 0 Å². The molecule has 0 fully saturated rings. The van der Waals surface area contributed by atoms with Gasteiger partial charge < -0.3 is 5.11 Å². The van der Waals surface area contributed by atoms with Crippen molar-refractivity contribution in [1.82, 2.24) is 0 Å². The van der Waals surface area contributed by atoms with Gasteiger partial charge in [-0.2, -0.15) is 0 Å². The zero-order chi connectivity index (χ0) is 30.6. The quantitative estimate of drug-likeness (QED) is 0.235. The molecule has 0 aromatic carbocycles. The number of hydrogen-bond acceptors (Lipinski definition) is 1. The van der Waals surface area contributed by atoms with Crippen molar-refractivity contribution >= 4 is 0 Å². The second-order valence-corrected chi connectivity index (χ2v) is 13.3. The van der Waals surface area contributed by atoms with Gasteiger partial charge in [-0.25, -0.2) is 0 Å². The Hall–Kier alpha value is -3.08. The van der Waals surface area contributed by atoms with Gasteiger partial charge in [-0.15, -0.1) is 0 Å². The Labute approximate surface area is 252 Å². The minimum absolute atomic E-state index is 0.0740. The summed E-state index contributed by atoms with van der Waals surface area (Å²) in [4.78, 5) is 0. The van der Waals surface area contributed by atoms with Crippen LogP contribution in [-0.2, 0) is 0 Å². The van der Waals surface area contributed by atoms with Gasteiger partial charge in [0, 0.05) is 11.0 Å². The number of aliphatic hydroxyl groups is 1. The molecule has 0 aliphatic heterocycles. The molecule has 1 N–H and O–H groups in total. The summed E-state index contributed by atoms with van der Waals surface area (Å²) in [6, 6.07) is 0. The molecular formula is C40H54O. The highest BCUT2D eigenvalue weighted by Crippen LogP contribution is 2.41. The van der Waals surface area contributed by atoms with Gasteiger partial charge in [0.05, 0.1) is 6.10 Å². The van der Waals surface area contributed by atoms with E-state index >= 15 is 0 Å². The third-order valence-electron chi connectivity index (χ3n) is 8.08. The molecule has 2 rings (SSSR count). The van der Waals surface area contributed by atoms with Crippen molar-refractivity contribution in [3.63, 3.8) is 0 Å². The SMILES string of the molecule is CC1=C(C#C/C(C)=C/C=C/C(C)=C/C=C/C=C(C)/C=C/C=C(C)/C=C/C2=C(C)CCCC2(C)C)C(C)(C)CC(O)C1. The molecule has 1 heteroatoms. The molecule has 1 atom stereocenters. The summed E-state index contributed by atoms with van der Waals surface area (Å²) in [6.45, 7) is 21.9. The van der Waals surface area contributed by atoms with Crippen molar-refractivity contribution in [3.8, 4) is 11.8 Å². The third-order valence-corrected chi connectivity index (χ3v) is 8.08. The first-order valence-electron chi connectivity index (χ1n) is 15.2. The lowest BCUT2D eigenvalue weighted by atomic mass is 9.72. The molecule has 220 valence electrons. The van der Waals surface area contributed by atoms with Crippen molar-refractivity contribution in [1.29, 1.82) is 0 Å². The molecular weight excluding hydrogens is 496 g/mol. The number of rotatable bonds is 8. The zero-order valence-electron chi connectivity index (χ0n) is 27.5. The summed E-state index contributed by atoms with van der Waals surface area (Å²) in [5, 5.41) is 10.1. The minimum Gasteiger partial charge on any atom is -0.393 e. The summed E-state index contributed by atoms with van der Waals surface area (Å²) < 4.78 is 0. The van der Waals surface area contributed by atoms with Crippen LogP contribution in [0.3, 0.4) is 0 Å².